The lowest BCUT2D eigenvalue weighted by Gasteiger charge is -2.18. The highest BCUT2D eigenvalue weighted by atomic mass is 16.6. The van der Waals surface area contributed by atoms with Gasteiger partial charge in [0.1, 0.15) is 13.2 Å². The number of hydrogen-bond acceptors (Lipinski definition) is 6. The molecule has 0 saturated carbocycles. The third-order valence-electron chi connectivity index (χ3n) is 11.9. The van der Waals surface area contributed by atoms with Gasteiger partial charge in [0.15, 0.2) is 6.10 Å². The van der Waals surface area contributed by atoms with Gasteiger partial charge in [-0.05, 0) is 25.2 Å². The van der Waals surface area contributed by atoms with Gasteiger partial charge in [0.05, 0.1) is 0 Å². The molecule has 0 spiro atoms. The molecule has 0 heterocycles. The van der Waals surface area contributed by atoms with Crippen LogP contribution < -0.4 is 0 Å². The molecule has 0 aliphatic heterocycles. The zero-order valence-corrected chi connectivity index (χ0v) is 38.8. The van der Waals surface area contributed by atoms with Crippen LogP contribution in [0.4, 0.5) is 0 Å². The van der Waals surface area contributed by atoms with Gasteiger partial charge < -0.3 is 14.2 Å². The van der Waals surface area contributed by atoms with E-state index in [9.17, 15) is 14.4 Å². The Kier molecular flexibility index (Phi) is 44.2. The van der Waals surface area contributed by atoms with Crippen molar-refractivity contribution in [3.05, 3.63) is 0 Å². The van der Waals surface area contributed by atoms with Gasteiger partial charge in [-0.25, -0.2) is 0 Å². The van der Waals surface area contributed by atoms with Gasteiger partial charge in [0.2, 0.25) is 0 Å². The molecule has 0 aliphatic rings. The van der Waals surface area contributed by atoms with Crippen LogP contribution in [-0.2, 0) is 28.6 Å². The normalized spacial score (nSPS) is 12.4. The smallest absolute Gasteiger partial charge is 0.306 e. The third-order valence-corrected chi connectivity index (χ3v) is 11.9. The first-order valence-electron chi connectivity index (χ1n) is 25.4. The predicted octanol–water partition coefficient (Wildman–Crippen LogP) is 16.3. The summed E-state index contributed by atoms with van der Waals surface area (Å²) in [5, 5.41) is 0. The van der Waals surface area contributed by atoms with Crippen molar-refractivity contribution in [2.24, 2.45) is 5.92 Å². The van der Waals surface area contributed by atoms with Crippen molar-refractivity contribution in [2.45, 2.75) is 291 Å². The van der Waals surface area contributed by atoms with Crippen molar-refractivity contribution in [3.8, 4) is 0 Å². The van der Waals surface area contributed by atoms with Gasteiger partial charge in [0, 0.05) is 19.3 Å². The van der Waals surface area contributed by atoms with E-state index in [-0.39, 0.29) is 31.1 Å². The average molecular weight is 807 g/mol. The zero-order chi connectivity index (χ0) is 41.7. The minimum absolute atomic E-state index is 0.0637. The lowest BCUT2D eigenvalue weighted by molar-refractivity contribution is -0.167. The minimum Gasteiger partial charge on any atom is -0.462 e. The molecule has 6 nitrogen and oxygen atoms in total. The first kappa shape index (κ1) is 55.4. The maximum absolute atomic E-state index is 12.8. The summed E-state index contributed by atoms with van der Waals surface area (Å²) in [6.45, 7) is 9.01. The molecule has 0 radical (unpaired) electrons. The molecule has 0 aromatic carbocycles. The number of ether oxygens (including phenoxy) is 3. The standard InChI is InChI=1S/C51H98O6/c1-5-8-10-12-14-16-17-18-19-20-21-22-23-24-26-32-36-40-44-51(54)57-48(45-55-49(52)42-38-34-30-25-15-13-11-9-6-2)46-56-50(53)43-39-35-31-28-27-29-33-37-41-47(4)7-3/h47-48H,5-46H2,1-4H3/t47?,48-/m1/s1. The molecule has 57 heavy (non-hydrogen) atoms. The molecule has 0 aliphatic carbocycles. The number of carbonyl (C=O) groups is 3. The van der Waals surface area contributed by atoms with Crippen LogP contribution in [0.5, 0.6) is 0 Å². The summed E-state index contributed by atoms with van der Waals surface area (Å²) in [7, 11) is 0. The van der Waals surface area contributed by atoms with Crippen LogP contribution in [0.15, 0.2) is 0 Å². The molecule has 1 unspecified atom stereocenters. The lowest BCUT2D eigenvalue weighted by Crippen LogP contribution is -2.30. The van der Waals surface area contributed by atoms with E-state index in [0.717, 1.165) is 63.7 Å². The minimum atomic E-state index is -0.760. The van der Waals surface area contributed by atoms with E-state index in [1.807, 2.05) is 0 Å². The van der Waals surface area contributed by atoms with Gasteiger partial charge in [-0.2, -0.15) is 0 Å². The number of esters is 3. The second-order valence-corrected chi connectivity index (χ2v) is 17.7. The fraction of sp³-hybridized carbons (Fsp3) is 0.941. The van der Waals surface area contributed by atoms with Gasteiger partial charge in [-0.1, -0.05) is 246 Å². The summed E-state index contributed by atoms with van der Waals surface area (Å²) >= 11 is 0. The summed E-state index contributed by atoms with van der Waals surface area (Å²) in [5.41, 5.74) is 0. The van der Waals surface area contributed by atoms with Crippen LogP contribution in [0, 0.1) is 5.92 Å². The molecule has 0 fully saturated rings. The Morgan fingerprint density at radius 2 is 0.614 bits per heavy atom. The van der Waals surface area contributed by atoms with E-state index >= 15 is 0 Å². The third kappa shape index (κ3) is 43.8. The molecule has 0 saturated heterocycles. The molecule has 0 rings (SSSR count). The second kappa shape index (κ2) is 45.5. The Hall–Kier alpha value is -1.59. The van der Waals surface area contributed by atoms with Crippen molar-refractivity contribution < 1.29 is 28.6 Å². The molecule has 6 heteroatoms. The molecule has 0 aromatic rings. The largest absolute Gasteiger partial charge is 0.462 e. The van der Waals surface area contributed by atoms with Crippen molar-refractivity contribution >= 4 is 17.9 Å². The Labute approximate surface area is 355 Å². The molecule has 0 aromatic heterocycles. The van der Waals surface area contributed by atoms with E-state index in [4.69, 9.17) is 14.2 Å². The van der Waals surface area contributed by atoms with Crippen LogP contribution in [0.2, 0.25) is 0 Å². The summed E-state index contributed by atoms with van der Waals surface area (Å²) in [5.74, 6) is -0.00265. The van der Waals surface area contributed by atoms with E-state index in [1.54, 1.807) is 0 Å². The fourth-order valence-electron chi connectivity index (χ4n) is 7.66. The second-order valence-electron chi connectivity index (χ2n) is 17.7. The first-order chi connectivity index (χ1) is 27.9. The van der Waals surface area contributed by atoms with Gasteiger partial charge in [-0.15, -0.1) is 0 Å². The Morgan fingerprint density at radius 3 is 0.912 bits per heavy atom. The molecule has 2 atom stereocenters. The van der Waals surface area contributed by atoms with E-state index in [0.29, 0.717) is 19.3 Å². The predicted molar refractivity (Wildman–Crippen MR) is 243 cm³/mol. The van der Waals surface area contributed by atoms with Crippen molar-refractivity contribution in [1.29, 1.82) is 0 Å². The maximum atomic E-state index is 12.8. The molecule has 0 N–H and O–H groups in total. The zero-order valence-electron chi connectivity index (χ0n) is 38.8. The number of hydrogen-bond donors (Lipinski definition) is 0. The highest BCUT2D eigenvalue weighted by molar-refractivity contribution is 5.71. The highest BCUT2D eigenvalue weighted by Gasteiger charge is 2.19. The van der Waals surface area contributed by atoms with Crippen molar-refractivity contribution in [1.82, 2.24) is 0 Å². The summed E-state index contributed by atoms with van der Waals surface area (Å²) < 4.78 is 16.8. The molecular weight excluding hydrogens is 709 g/mol. The molecule has 0 bridgehead atoms. The monoisotopic (exact) mass is 807 g/mol. The summed E-state index contributed by atoms with van der Waals surface area (Å²) in [6, 6.07) is 0. The fourth-order valence-corrected chi connectivity index (χ4v) is 7.66. The van der Waals surface area contributed by atoms with Gasteiger partial charge in [0.25, 0.3) is 0 Å². The molecular formula is C51H98O6. The van der Waals surface area contributed by atoms with Crippen molar-refractivity contribution in [3.63, 3.8) is 0 Å². The van der Waals surface area contributed by atoms with E-state index < -0.39 is 6.10 Å². The van der Waals surface area contributed by atoms with Gasteiger partial charge >= 0.3 is 17.9 Å². The van der Waals surface area contributed by atoms with Crippen LogP contribution in [0.3, 0.4) is 0 Å². The molecule has 338 valence electrons. The number of carbonyl (C=O) groups excluding carboxylic acids is 3. The summed E-state index contributed by atoms with van der Waals surface area (Å²) in [4.78, 5) is 37.8. The Balaban J connectivity index is 4.25. The Morgan fingerprint density at radius 1 is 0.351 bits per heavy atom. The van der Waals surface area contributed by atoms with Gasteiger partial charge in [-0.3, -0.25) is 14.4 Å². The topological polar surface area (TPSA) is 78.9 Å². The quantitative estimate of drug-likeness (QED) is 0.0346. The first-order valence-corrected chi connectivity index (χ1v) is 25.4. The molecule has 0 amide bonds. The van der Waals surface area contributed by atoms with Crippen LogP contribution in [0.25, 0.3) is 0 Å². The maximum Gasteiger partial charge on any atom is 0.306 e. The van der Waals surface area contributed by atoms with Crippen LogP contribution in [-0.4, -0.2) is 37.2 Å². The van der Waals surface area contributed by atoms with Crippen LogP contribution >= 0.6 is 0 Å². The van der Waals surface area contributed by atoms with E-state index in [1.165, 1.54) is 180 Å². The number of rotatable bonds is 46. The number of unbranched alkanes of at least 4 members (excludes halogenated alkanes) is 32. The summed E-state index contributed by atoms with van der Waals surface area (Å²) in [6.07, 6.45) is 46.6. The van der Waals surface area contributed by atoms with E-state index in [2.05, 4.69) is 27.7 Å². The lowest BCUT2D eigenvalue weighted by atomic mass is 9.99. The van der Waals surface area contributed by atoms with Crippen LogP contribution in [0.1, 0.15) is 285 Å². The highest BCUT2D eigenvalue weighted by Crippen LogP contribution is 2.17. The average Bonchev–Trinajstić information content (AvgIpc) is 3.21. The van der Waals surface area contributed by atoms with Crippen molar-refractivity contribution in [2.75, 3.05) is 13.2 Å². The SMILES string of the molecule is CCCCCCCCCCCCCCCCCCCCC(=O)O[C@H](COC(=O)CCCCCCCCCCC)COC(=O)CCCCCCCCCCC(C)CC. The Bertz CT molecular complexity index is 859.